The molecule has 2 aromatic rings. The number of benzene rings is 1. The minimum absolute atomic E-state index is 0.247. The van der Waals surface area contributed by atoms with E-state index in [0.29, 0.717) is 5.69 Å². The Balaban J connectivity index is 2.10. The Morgan fingerprint density at radius 2 is 1.95 bits per heavy atom. The minimum atomic E-state index is -0.247. The first kappa shape index (κ1) is 13.1. The number of aromatic amines is 1. The predicted octanol–water partition coefficient (Wildman–Crippen LogP) is 2.70. The monoisotopic (exact) mass is 255 g/mol. The number of amides is 1. The van der Waals surface area contributed by atoms with E-state index in [2.05, 4.69) is 34.6 Å². The summed E-state index contributed by atoms with van der Waals surface area (Å²) < 4.78 is 0. The molecule has 2 rings (SSSR count). The van der Waals surface area contributed by atoms with Gasteiger partial charge in [0.1, 0.15) is 5.69 Å². The summed E-state index contributed by atoms with van der Waals surface area (Å²) in [4.78, 5) is 14.5. The smallest absolute Gasteiger partial charge is 0.287 e. The number of aryl methyl sites for hydroxylation is 3. The van der Waals surface area contributed by atoms with Gasteiger partial charge in [-0.05, 0) is 44.0 Å². The highest BCUT2D eigenvalue weighted by Crippen LogP contribution is 2.14. The van der Waals surface area contributed by atoms with Crippen molar-refractivity contribution in [3.63, 3.8) is 0 Å². The first-order valence-electron chi connectivity index (χ1n) is 6.12. The lowest BCUT2D eigenvalue weighted by Crippen LogP contribution is -2.18. The molecule has 1 aromatic carbocycles. The van der Waals surface area contributed by atoms with Crippen LogP contribution < -0.4 is 5.43 Å². The van der Waals surface area contributed by atoms with Crippen molar-refractivity contribution in [1.82, 2.24) is 10.4 Å². The summed E-state index contributed by atoms with van der Waals surface area (Å²) in [6.45, 7) is 6.14. The van der Waals surface area contributed by atoms with Crippen molar-refractivity contribution in [2.75, 3.05) is 0 Å². The lowest BCUT2D eigenvalue weighted by atomic mass is 10.0. The molecular weight excluding hydrogens is 238 g/mol. The van der Waals surface area contributed by atoms with Gasteiger partial charge in [0.05, 0.1) is 6.21 Å². The van der Waals surface area contributed by atoms with Crippen LogP contribution in [0.1, 0.15) is 32.7 Å². The lowest BCUT2D eigenvalue weighted by molar-refractivity contribution is 0.0951. The quantitative estimate of drug-likeness (QED) is 0.643. The third-order valence-electron chi connectivity index (χ3n) is 2.94. The van der Waals surface area contributed by atoms with Crippen LogP contribution in [0.25, 0.3) is 0 Å². The molecule has 1 aromatic heterocycles. The van der Waals surface area contributed by atoms with Crippen LogP contribution >= 0.6 is 0 Å². The Morgan fingerprint density at radius 1 is 1.26 bits per heavy atom. The number of aromatic nitrogens is 1. The molecule has 0 aliphatic heterocycles. The van der Waals surface area contributed by atoms with Crippen molar-refractivity contribution in [3.8, 4) is 0 Å². The molecule has 0 fully saturated rings. The summed E-state index contributed by atoms with van der Waals surface area (Å²) >= 11 is 0. The van der Waals surface area contributed by atoms with Gasteiger partial charge in [0, 0.05) is 11.8 Å². The van der Waals surface area contributed by atoms with Crippen LogP contribution in [0, 0.1) is 20.8 Å². The number of nitrogens with one attached hydrogen (secondary N) is 2. The van der Waals surface area contributed by atoms with Crippen molar-refractivity contribution in [2.24, 2.45) is 5.10 Å². The fourth-order valence-corrected chi connectivity index (χ4v) is 2.08. The number of hydrogen-bond donors (Lipinski definition) is 2. The molecule has 0 saturated heterocycles. The molecular formula is C15H17N3O. The SMILES string of the molecule is Cc1cc(C)c(/C=N\NC(=O)c2ccc[nH]2)c(C)c1. The zero-order chi connectivity index (χ0) is 13.8. The molecule has 0 aliphatic rings. The van der Waals surface area contributed by atoms with Crippen molar-refractivity contribution in [2.45, 2.75) is 20.8 Å². The Bertz CT molecular complexity index is 589. The molecule has 2 N–H and O–H groups in total. The average molecular weight is 255 g/mol. The largest absolute Gasteiger partial charge is 0.357 e. The van der Waals surface area contributed by atoms with Crippen LogP contribution in [0.15, 0.2) is 35.6 Å². The van der Waals surface area contributed by atoms with Crippen LogP contribution in [-0.4, -0.2) is 17.1 Å². The standard InChI is InChI=1S/C15H17N3O/c1-10-7-11(2)13(12(3)8-10)9-17-18-15(19)14-5-4-6-16-14/h4-9,16H,1-3H3,(H,18,19)/b17-9-. The maximum atomic E-state index is 11.7. The molecule has 19 heavy (non-hydrogen) atoms. The van der Waals surface area contributed by atoms with Gasteiger partial charge >= 0.3 is 0 Å². The Morgan fingerprint density at radius 3 is 2.53 bits per heavy atom. The number of carbonyl (C=O) groups is 1. The molecule has 0 radical (unpaired) electrons. The molecule has 1 amide bonds. The fourth-order valence-electron chi connectivity index (χ4n) is 2.08. The molecule has 0 bridgehead atoms. The molecule has 0 unspecified atom stereocenters. The molecule has 4 nitrogen and oxygen atoms in total. The van der Waals surface area contributed by atoms with Gasteiger partial charge in [-0.25, -0.2) is 5.43 Å². The van der Waals surface area contributed by atoms with E-state index in [0.717, 1.165) is 16.7 Å². The van der Waals surface area contributed by atoms with Crippen LogP contribution in [0.2, 0.25) is 0 Å². The van der Waals surface area contributed by atoms with Gasteiger partial charge < -0.3 is 4.98 Å². The molecule has 0 saturated carbocycles. The number of hydrogen-bond acceptors (Lipinski definition) is 2. The molecule has 98 valence electrons. The summed E-state index contributed by atoms with van der Waals surface area (Å²) in [6.07, 6.45) is 3.39. The van der Waals surface area contributed by atoms with E-state index >= 15 is 0 Å². The average Bonchev–Trinajstić information content (AvgIpc) is 2.85. The zero-order valence-corrected chi connectivity index (χ0v) is 11.3. The van der Waals surface area contributed by atoms with E-state index < -0.39 is 0 Å². The second kappa shape index (κ2) is 5.52. The zero-order valence-electron chi connectivity index (χ0n) is 11.3. The van der Waals surface area contributed by atoms with Gasteiger partial charge in [-0.1, -0.05) is 17.7 Å². The van der Waals surface area contributed by atoms with E-state index in [1.54, 1.807) is 24.5 Å². The highest BCUT2D eigenvalue weighted by atomic mass is 16.2. The summed E-state index contributed by atoms with van der Waals surface area (Å²) in [6, 6.07) is 7.67. The van der Waals surface area contributed by atoms with Crippen molar-refractivity contribution >= 4 is 12.1 Å². The summed E-state index contributed by atoms with van der Waals surface area (Å²) in [5.41, 5.74) is 7.56. The van der Waals surface area contributed by atoms with Gasteiger partial charge in [-0.2, -0.15) is 5.10 Å². The maximum Gasteiger partial charge on any atom is 0.287 e. The van der Waals surface area contributed by atoms with Crippen molar-refractivity contribution < 1.29 is 4.79 Å². The van der Waals surface area contributed by atoms with E-state index in [1.165, 1.54) is 5.56 Å². The number of rotatable bonds is 3. The lowest BCUT2D eigenvalue weighted by Gasteiger charge is -2.06. The molecule has 1 heterocycles. The highest BCUT2D eigenvalue weighted by molar-refractivity contribution is 5.93. The second-order valence-corrected chi connectivity index (χ2v) is 4.60. The maximum absolute atomic E-state index is 11.7. The second-order valence-electron chi connectivity index (χ2n) is 4.60. The number of hydrazone groups is 1. The minimum Gasteiger partial charge on any atom is -0.357 e. The van der Waals surface area contributed by atoms with Gasteiger partial charge in [-0.3, -0.25) is 4.79 Å². The van der Waals surface area contributed by atoms with Gasteiger partial charge in [0.15, 0.2) is 0 Å². The van der Waals surface area contributed by atoms with Crippen LogP contribution in [0.4, 0.5) is 0 Å². The van der Waals surface area contributed by atoms with E-state index in [1.807, 2.05) is 13.8 Å². The Hall–Kier alpha value is -2.36. The highest BCUT2D eigenvalue weighted by Gasteiger charge is 2.04. The number of carbonyl (C=O) groups excluding carboxylic acids is 1. The summed E-state index contributed by atoms with van der Waals surface area (Å²) in [5.74, 6) is -0.247. The van der Waals surface area contributed by atoms with Gasteiger partial charge in [-0.15, -0.1) is 0 Å². The third-order valence-corrected chi connectivity index (χ3v) is 2.94. The molecule has 0 aliphatic carbocycles. The number of nitrogens with zero attached hydrogens (tertiary/aromatic N) is 1. The Labute approximate surface area is 112 Å². The van der Waals surface area contributed by atoms with Crippen LogP contribution in [-0.2, 0) is 0 Å². The van der Waals surface area contributed by atoms with Gasteiger partial charge in [0.25, 0.3) is 5.91 Å². The van der Waals surface area contributed by atoms with Crippen molar-refractivity contribution in [1.29, 1.82) is 0 Å². The third kappa shape index (κ3) is 3.10. The topological polar surface area (TPSA) is 57.2 Å². The molecule has 0 spiro atoms. The summed E-state index contributed by atoms with van der Waals surface area (Å²) in [7, 11) is 0. The first-order valence-corrected chi connectivity index (χ1v) is 6.12. The fraction of sp³-hybridized carbons (Fsp3) is 0.200. The van der Waals surface area contributed by atoms with E-state index in [-0.39, 0.29) is 5.91 Å². The summed E-state index contributed by atoms with van der Waals surface area (Å²) in [5, 5.41) is 4.00. The Kier molecular flexibility index (Phi) is 3.80. The van der Waals surface area contributed by atoms with E-state index in [4.69, 9.17) is 0 Å². The molecule has 4 heteroatoms. The first-order chi connectivity index (χ1) is 9.08. The number of H-pyrrole nitrogens is 1. The van der Waals surface area contributed by atoms with E-state index in [9.17, 15) is 4.79 Å². The normalized spacial score (nSPS) is 10.9. The van der Waals surface area contributed by atoms with Gasteiger partial charge in [0.2, 0.25) is 0 Å². The van der Waals surface area contributed by atoms with Crippen LogP contribution in [0.5, 0.6) is 0 Å². The predicted molar refractivity (Wildman–Crippen MR) is 76.5 cm³/mol. The van der Waals surface area contributed by atoms with Crippen molar-refractivity contribution in [3.05, 3.63) is 58.4 Å². The van der Waals surface area contributed by atoms with Crippen LogP contribution in [0.3, 0.4) is 0 Å². The molecule has 0 atom stereocenters.